The lowest BCUT2D eigenvalue weighted by Crippen LogP contribution is -1.75. The summed E-state index contributed by atoms with van der Waals surface area (Å²) in [6.07, 6.45) is 1.47. The van der Waals surface area contributed by atoms with Crippen LogP contribution in [-0.2, 0) is 0 Å². The van der Waals surface area contributed by atoms with E-state index in [1.165, 1.54) is 6.26 Å². The minimum Gasteiger partial charge on any atom is -0.508 e. The summed E-state index contributed by atoms with van der Waals surface area (Å²) in [5, 5.41) is 9.15. The third kappa shape index (κ3) is 1.65. The Morgan fingerprint density at radius 2 is 1.92 bits per heavy atom. The second-order valence-corrected chi connectivity index (χ2v) is 2.86. The number of halogens is 1. The maximum atomic E-state index is 9.04. The van der Waals surface area contributed by atoms with Crippen molar-refractivity contribution in [2.75, 3.05) is 0 Å². The molecule has 0 unspecified atom stereocenters. The first-order chi connectivity index (χ1) is 6.25. The summed E-state index contributed by atoms with van der Waals surface area (Å²) in [6, 6.07) is 6.64. The summed E-state index contributed by atoms with van der Waals surface area (Å²) in [5.41, 5.74) is 1.51. The Balaban J connectivity index is 2.41. The monoisotopic (exact) mass is 195 g/mol. The molecule has 0 atom stereocenters. The van der Waals surface area contributed by atoms with Gasteiger partial charge in [-0.05, 0) is 35.9 Å². The molecule has 0 aliphatic carbocycles. The van der Waals surface area contributed by atoms with Crippen molar-refractivity contribution in [2.24, 2.45) is 0 Å². The summed E-state index contributed by atoms with van der Waals surface area (Å²) >= 11 is 5.51. The number of phenols is 1. The van der Waals surface area contributed by atoms with Gasteiger partial charge >= 0.3 is 0 Å². The van der Waals surface area contributed by atoms with E-state index in [1.807, 2.05) is 0 Å². The van der Waals surface area contributed by atoms with Crippen LogP contribution in [0.2, 0.25) is 5.35 Å². The van der Waals surface area contributed by atoms with Crippen molar-refractivity contribution < 1.29 is 9.52 Å². The number of phenolic OH excluding ortho intramolecular Hbond substituents is 1. The third-order valence-electron chi connectivity index (χ3n) is 1.64. The molecule has 4 heteroatoms. The normalized spacial score (nSPS) is 10.2. The first-order valence-corrected chi connectivity index (χ1v) is 4.04. The third-order valence-corrected chi connectivity index (χ3v) is 1.81. The molecule has 1 aromatic heterocycles. The predicted molar refractivity (Wildman–Crippen MR) is 48.6 cm³/mol. The number of aromatic nitrogens is 1. The van der Waals surface area contributed by atoms with E-state index in [9.17, 15) is 0 Å². The average molecular weight is 196 g/mol. The summed E-state index contributed by atoms with van der Waals surface area (Å²) in [5.74, 6) is 0.221. The van der Waals surface area contributed by atoms with Crippen molar-refractivity contribution in [1.29, 1.82) is 0 Å². The number of hydrogen-bond donors (Lipinski definition) is 1. The molecule has 0 bridgehead atoms. The van der Waals surface area contributed by atoms with Crippen LogP contribution in [0.5, 0.6) is 5.75 Å². The molecule has 3 nitrogen and oxygen atoms in total. The minimum absolute atomic E-state index is 0.114. The Hall–Kier alpha value is -1.48. The second-order valence-electron chi connectivity index (χ2n) is 2.53. The van der Waals surface area contributed by atoms with Gasteiger partial charge in [0.25, 0.3) is 5.35 Å². The average Bonchev–Trinajstić information content (AvgIpc) is 2.53. The largest absolute Gasteiger partial charge is 0.508 e. The molecule has 0 fully saturated rings. The lowest BCUT2D eigenvalue weighted by atomic mass is 10.2. The first-order valence-electron chi connectivity index (χ1n) is 3.66. The van der Waals surface area contributed by atoms with Gasteiger partial charge in [-0.15, -0.1) is 0 Å². The first kappa shape index (κ1) is 8.13. The van der Waals surface area contributed by atoms with E-state index in [-0.39, 0.29) is 11.1 Å². The zero-order chi connectivity index (χ0) is 9.26. The molecule has 0 aliphatic rings. The van der Waals surface area contributed by atoms with Gasteiger partial charge in [0.15, 0.2) is 0 Å². The highest BCUT2D eigenvalue weighted by Gasteiger charge is 2.03. The van der Waals surface area contributed by atoms with Gasteiger partial charge in [-0.3, -0.25) is 0 Å². The maximum Gasteiger partial charge on any atom is 0.292 e. The molecular weight excluding hydrogens is 190 g/mol. The molecule has 66 valence electrons. The van der Waals surface area contributed by atoms with Crippen molar-refractivity contribution in [3.05, 3.63) is 35.9 Å². The van der Waals surface area contributed by atoms with Crippen LogP contribution in [0, 0.1) is 0 Å². The minimum atomic E-state index is 0.114. The number of benzene rings is 1. The number of aromatic hydroxyl groups is 1. The molecule has 2 aromatic rings. The molecule has 0 saturated carbocycles. The van der Waals surface area contributed by atoms with Crippen molar-refractivity contribution in [2.45, 2.75) is 0 Å². The van der Waals surface area contributed by atoms with E-state index >= 15 is 0 Å². The van der Waals surface area contributed by atoms with Crippen molar-refractivity contribution in [1.82, 2.24) is 4.98 Å². The zero-order valence-corrected chi connectivity index (χ0v) is 7.32. The standard InChI is InChI=1S/C9H6ClNO2/c10-9-11-8(5-13-9)6-1-3-7(12)4-2-6/h1-5,12H. The Kier molecular flexibility index (Phi) is 1.94. The predicted octanol–water partition coefficient (Wildman–Crippen LogP) is 2.70. The summed E-state index contributed by atoms with van der Waals surface area (Å²) in [7, 11) is 0. The molecule has 1 N–H and O–H groups in total. The second kappa shape index (κ2) is 3.11. The number of rotatable bonds is 1. The summed E-state index contributed by atoms with van der Waals surface area (Å²) in [4.78, 5) is 3.93. The molecule has 0 aliphatic heterocycles. The number of hydrogen-bond acceptors (Lipinski definition) is 3. The van der Waals surface area contributed by atoms with Gasteiger partial charge < -0.3 is 9.52 Å². The lowest BCUT2D eigenvalue weighted by molar-refractivity contribution is 0.475. The van der Waals surface area contributed by atoms with Gasteiger partial charge in [-0.2, -0.15) is 4.98 Å². The van der Waals surface area contributed by atoms with Gasteiger partial charge in [-0.1, -0.05) is 0 Å². The van der Waals surface area contributed by atoms with Crippen LogP contribution < -0.4 is 0 Å². The molecule has 0 radical (unpaired) electrons. The fraction of sp³-hybridized carbons (Fsp3) is 0. The lowest BCUT2D eigenvalue weighted by Gasteiger charge is -1.94. The van der Waals surface area contributed by atoms with E-state index < -0.39 is 0 Å². The van der Waals surface area contributed by atoms with E-state index in [4.69, 9.17) is 21.1 Å². The SMILES string of the molecule is Oc1ccc(-c2coc(Cl)n2)cc1. The molecule has 1 aromatic carbocycles. The fourth-order valence-corrected chi connectivity index (χ4v) is 1.15. The summed E-state index contributed by atoms with van der Waals surface area (Å²) < 4.78 is 4.84. The van der Waals surface area contributed by atoms with Crippen LogP contribution in [-0.4, -0.2) is 10.1 Å². The molecule has 0 spiro atoms. The van der Waals surface area contributed by atoms with E-state index in [1.54, 1.807) is 24.3 Å². The molecular formula is C9H6ClNO2. The van der Waals surface area contributed by atoms with E-state index in [0.29, 0.717) is 5.69 Å². The van der Waals surface area contributed by atoms with Crippen LogP contribution in [0.1, 0.15) is 0 Å². The Morgan fingerprint density at radius 1 is 1.23 bits per heavy atom. The quantitative estimate of drug-likeness (QED) is 0.761. The molecule has 0 saturated heterocycles. The maximum absolute atomic E-state index is 9.04. The topological polar surface area (TPSA) is 46.3 Å². The van der Waals surface area contributed by atoms with E-state index in [0.717, 1.165) is 5.56 Å². The highest BCUT2D eigenvalue weighted by atomic mass is 35.5. The number of oxazole rings is 1. The van der Waals surface area contributed by atoms with Crippen LogP contribution >= 0.6 is 11.6 Å². The zero-order valence-electron chi connectivity index (χ0n) is 6.57. The Bertz CT molecular complexity index is 408. The van der Waals surface area contributed by atoms with Gasteiger partial charge in [0.2, 0.25) is 0 Å². The highest BCUT2D eigenvalue weighted by Crippen LogP contribution is 2.22. The Labute approximate surface area is 79.6 Å². The van der Waals surface area contributed by atoms with Crippen LogP contribution in [0.3, 0.4) is 0 Å². The van der Waals surface area contributed by atoms with Gasteiger partial charge in [-0.25, -0.2) is 0 Å². The molecule has 1 heterocycles. The molecule has 2 rings (SSSR count). The van der Waals surface area contributed by atoms with Crippen molar-refractivity contribution in [3.8, 4) is 17.0 Å². The van der Waals surface area contributed by atoms with Crippen LogP contribution in [0.4, 0.5) is 0 Å². The number of nitrogens with zero attached hydrogens (tertiary/aromatic N) is 1. The van der Waals surface area contributed by atoms with Gasteiger partial charge in [0.1, 0.15) is 17.7 Å². The highest BCUT2D eigenvalue weighted by molar-refractivity contribution is 6.27. The van der Waals surface area contributed by atoms with Crippen LogP contribution in [0.25, 0.3) is 11.3 Å². The van der Waals surface area contributed by atoms with Crippen molar-refractivity contribution >= 4 is 11.6 Å². The molecule has 0 amide bonds. The summed E-state index contributed by atoms with van der Waals surface area (Å²) in [6.45, 7) is 0. The smallest absolute Gasteiger partial charge is 0.292 e. The fourth-order valence-electron chi connectivity index (χ4n) is 1.02. The van der Waals surface area contributed by atoms with E-state index in [2.05, 4.69) is 4.98 Å². The van der Waals surface area contributed by atoms with Crippen LogP contribution in [0.15, 0.2) is 34.9 Å². The van der Waals surface area contributed by atoms with Gasteiger partial charge in [0.05, 0.1) is 0 Å². The molecule has 13 heavy (non-hydrogen) atoms. The Morgan fingerprint density at radius 3 is 2.46 bits per heavy atom. The van der Waals surface area contributed by atoms with Gasteiger partial charge in [0, 0.05) is 5.56 Å². The van der Waals surface area contributed by atoms with Crippen molar-refractivity contribution in [3.63, 3.8) is 0 Å².